The molecule has 0 aliphatic heterocycles. The Hall–Kier alpha value is -3.48. The molecule has 0 aromatic heterocycles. The lowest BCUT2D eigenvalue weighted by molar-refractivity contribution is -0.142. The fourth-order valence-corrected chi connectivity index (χ4v) is 2.42. The van der Waals surface area contributed by atoms with Gasteiger partial charge in [0.2, 0.25) is 0 Å². The average Bonchev–Trinajstić information content (AvgIpc) is 2.67. The molecule has 2 aromatic rings. The van der Waals surface area contributed by atoms with Gasteiger partial charge in [0.25, 0.3) is 11.8 Å². The molecule has 0 heterocycles. The van der Waals surface area contributed by atoms with E-state index in [1.54, 1.807) is 50.2 Å². The molecule has 146 valence electrons. The Labute approximate surface area is 162 Å². The largest absolute Gasteiger partial charge is 0.480 e. The van der Waals surface area contributed by atoms with E-state index in [2.05, 4.69) is 10.6 Å². The van der Waals surface area contributed by atoms with Crippen molar-refractivity contribution in [2.75, 3.05) is 0 Å². The Morgan fingerprint density at radius 3 is 2.18 bits per heavy atom. The quantitative estimate of drug-likeness (QED) is 0.640. The number of hydrogen-bond donors (Lipinski definition) is 3. The topological polar surface area (TPSA) is 95.5 Å². The lowest BCUT2D eigenvalue weighted by Gasteiger charge is -2.19. The molecule has 2 rings (SSSR count). The van der Waals surface area contributed by atoms with Crippen molar-refractivity contribution in [1.29, 1.82) is 0 Å². The number of carbonyl (C=O) groups excluding carboxylic acids is 2. The maximum absolute atomic E-state index is 14.0. The number of halogens is 1. The van der Waals surface area contributed by atoms with Gasteiger partial charge in [-0.05, 0) is 30.2 Å². The van der Waals surface area contributed by atoms with Gasteiger partial charge in [0.05, 0.1) is 0 Å². The number of nitrogens with one attached hydrogen (secondary N) is 2. The molecule has 0 bridgehead atoms. The minimum absolute atomic E-state index is 0.0810. The van der Waals surface area contributed by atoms with Gasteiger partial charge in [0.15, 0.2) is 0 Å². The van der Waals surface area contributed by atoms with Crippen molar-refractivity contribution >= 4 is 23.9 Å². The Morgan fingerprint density at radius 1 is 1.00 bits per heavy atom. The minimum atomic E-state index is -1.21. The summed E-state index contributed by atoms with van der Waals surface area (Å²) in [6.07, 6.45) is 1.17. The average molecular weight is 384 g/mol. The van der Waals surface area contributed by atoms with Gasteiger partial charge < -0.3 is 15.7 Å². The molecule has 2 amide bonds. The summed E-state index contributed by atoms with van der Waals surface area (Å²) in [5.74, 6) is -3.58. The van der Waals surface area contributed by atoms with Crippen LogP contribution in [0.3, 0.4) is 0 Å². The van der Waals surface area contributed by atoms with E-state index in [1.165, 1.54) is 24.3 Å². The Kier molecular flexibility index (Phi) is 7.03. The molecule has 6 nitrogen and oxygen atoms in total. The van der Waals surface area contributed by atoms with Crippen LogP contribution in [0.1, 0.15) is 29.8 Å². The smallest absolute Gasteiger partial charge is 0.326 e. The van der Waals surface area contributed by atoms with Crippen molar-refractivity contribution in [2.45, 2.75) is 19.9 Å². The molecule has 28 heavy (non-hydrogen) atoms. The van der Waals surface area contributed by atoms with E-state index in [1.807, 2.05) is 0 Å². The molecule has 0 spiro atoms. The number of carbonyl (C=O) groups is 3. The van der Waals surface area contributed by atoms with E-state index < -0.39 is 29.6 Å². The van der Waals surface area contributed by atoms with E-state index in [0.717, 1.165) is 0 Å². The second-order valence-corrected chi connectivity index (χ2v) is 6.43. The van der Waals surface area contributed by atoms with Crippen molar-refractivity contribution < 1.29 is 23.9 Å². The summed E-state index contributed by atoms with van der Waals surface area (Å²) in [7, 11) is 0. The zero-order chi connectivity index (χ0) is 20.7. The molecule has 0 saturated heterocycles. The first-order chi connectivity index (χ1) is 13.3. The third-order valence-electron chi connectivity index (χ3n) is 3.95. The molecular weight excluding hydrogens is 363 g/mol. The maximum Gasteiger partial charge on any atom is 0.326 e. The first-order valence-electron chi connectivity index (χ1n) is 8.66. The summed E-state index contributed by atoms with van der Waals surface area (Å²) < 4.78 is 14.0. The van der Waals surface area contributed by atoms with Crippen molar-refractivity contribution in [3.8, 4) is 0 Å². The highest BCUT2D eigenvalue weighted by Crippen LogP contribution is 2.12. The molecule has 0 aliphatic carbocycles. The second kappa shape index (κ2) is 9.45. The fourth-order valence-electron chi connectivity index (χ4n) is 2.42. The van der Waals surface area contributed by atoms with Gasteiger partial charge in [-0.1, -0.05) is 50.2 Å². The van der Waals surface area contributed by atoms with Crippen molar-refractivity contribution in [2.24, 2.45) is 5.92 Å². The summed E-state index contributed by atoms with van der Waals surface area (Å²) in [5.41, 5.74) is 0.122. The van der Waals surface area contributed by atoms with Gasteiger partial charge in [-0.25, -0.2) is 9.18 Å². The molecule has 0 unspecified atom stereocenters. The molecule has 0 radical (unpaired) electrons. The van der Waals surface area contributed by atoms with Crippen LogP contribution >= 0.6 is 0 Å². The van der Waals surface area contributed by atoms with Crippen LogP contribution in [0.4, 0.5) is 4.39 Å². The maximum atomic E-state index is 14.0. The van der Waals surface area contributed by atoms with E-state index >= 15 is 0 Å². The molecule has 0 fully saturated rings. The number of aliphatic carboxylic acids is 1. The summed E-state index contributed by atoms with van der Waals surface area (Å²) in [4.78, 5) is 36.5. The normalized spacial score (nSPS) is 12.4. The predicted molar refractivity (Wildman–Crippen MR) is 103 cm³/mol. The summed E-state index contributed by atoms with van der Waals surface area (Å²) in [6, 6.07) is 12.7. The number of rotatable bonds is 7. The molecule has 0 saturated carbocycles. The first-order valence-corrected chi connectivity index (χ1v) is 8.66. The van der Waals surface area contributed by atoms with E-state index in [0.29, 0.717) is 5.56 Å². The van der Waals surface area contributed by atoms with Crippen molar-refractivity contribution in [1.82, 2.24) is 10.6 Å². The van der Waals surface area contributed by atoms with Crippen LogP contribution in [0.2, 0.25) is 0 Å². The lowest BCUT2D eigenvalue weighted by Crippen LogP contribution is -2.47. The zero-order valence-electron chi connectivity index (χ0n) is 15.5. The van der Waals surface area contributed by atoms with Crippen LogP contribution in [0, 0.1) is 11.7 Å². The molecule has 3 N–H and O–H groups in total. The second-order valence-electron chi connectivity index (χ2n) is 6.43. The first kappa shape index (κ1) is 20.8. The molecule has 0 aliphatic rings. The highest BCUT2D eigenvalue weighted by molar-refractivity contribution is 6.06. The lowest BCUT2D eigenvalue weighted by atomic mass is 10.0. The molecular formula is C21H21FN2O4. The van der Waals surface area contributed by atoms with Gasteiger partial charge in [-0.15, -0.1) is 0 Å². The van der Waals surface area contributed by atoms with Crippen LogP contribution in [0.25, 0.3) is 6.08 Å². The van der Waals surface area contributed by atoms with Crippen molar-refractivity contribution in [3.63, 3.8) is 0 Å². The summed E-state index contributed by atoms with van der Waals surface area (Å²) >= 11 is 0. The third-order valence-corrected chi connectivity index (χ3v) is 3.95. The van der Waals surface area contributed by atoms with Crippen molar-refractivity contribution in [3.05, 3.63) is 77.2 Å². The number of amides is 2. The third kappa shape index (κ3) is 5.51. The van der Waals surface area contributed by atoms with Gasteiger partial charge in [0, 0.05) is 11.1 Å². The zero-order valence-corrected chi connectivity index (χ0v) is 15.5. The monoisotopic (exact) mass is 384 g/mol. The number of carboxylic acids is 1. The van der Waals surface area contributed by atoms with Gasteiger partial charge in [0.1, 0.15) is 17.6 Å². The Bertz CT molecular complexity index is 894. The highest BCUT2D eigenvalue weighted by Gasteiger charge is 2.26. The highest BCUT2D eigenvalue weighted by atomic mass is 19.1. The van der Waals surface area contributed by atoms with E-state index in [4.69, 9.17) is 0 Å². The number of hydrogen-bond acceptors (Lipinski definition) is 3. The SMILES string of the molecule is CC(C)[C@@H](NC(=O)/C(=C\c1ccccc1F)NC(=O)c1ccccc1)C(=O)O. The molecule has 2 aromatic carbocycles. The van der Waals surface area contributed by atoms with E-state index in [9.17, 15) is 23.9 Å². The number of benzene rings is 2. The van der Waals surface area contributed by atoms with Gasteiger partial charge in [-0.2, -0.15) is 0 Å². The molecule has 1 atom stereocenters. The Balaban J connectivity index is 2.35. The van der Waals surface area contributed by atoms with Crippen LogP contribution in [-0.4, -0.2) is 28.9 Å². The molecule has 7 heteroatoms. The summed E-state index contributed by atoms with van der Waals surface area (Å²) in [6.45, 7) is 3.28. The van der Waals surface area contributed by atoms with Gasteiger partial charge >= 0.3 is 5.97 Å². The van der Waals surface area contributed by atoms with Gasteiger partial charge in [-0.3, -0.25) is 9.59 Å². The minimum Gasteiger partial charge on any atom is -0.480 e. The Morgan fingerprint density at radius 2 is 1.61 bits per heavy atom. The predicted octanol–water partition coefficient (Wildman–Crippen LogP) is 2.82. The summed E-state index contributed by atoms with van der Waals surface area (Å²) in [5, 5.41) is 14.1. The van der Waals surface area contributed by atoms with E-state index in [-0.39, 0.29) is 17.2 Å². The fraction of sp³-hybridized carbons (Fsp3) is 0.190. The van der Waals surface area contributed by atoms with Crippen LogP contribution < -0.4 is 10.6 Å². The van der Waals surface area contributed by atoms with Crippen LogP contribution in [-0.2, 0) is 9.59 Å². The van der Waals surface area contributed by atoms with Crippen LogP contribution in [0.5, 0.6) is 0 Å². The number of carboxylic acid groups (broad SMARTS) is 1. The van der Waals surface area contributed by atoms with Crippen LogP contribution in [0.15, 0.2) is 60.3 Å². The standard InChI is InChI=1S/C21H21FN2O4/c1-13(2)18(21(27)28)24-20(26)17(12-15-10-6-7-11-16(15)22)23-19(25)14-8-4-3-5-9-14/h3-13,18H,1-2H3,(H,23,25)(H,24,26)(H,27,28)/b17-12+/t18-/m1/s1.